The number of benzene rings is 1. The molecule has 1 amide bonds. The third kappa shape index (κ3) is 4.39. The lowest BCUT2D eigenvalue weighted by Crippen LogP contribution is -2.63. The fourth-order valence-electron chi connectivity index (χ4n) is 5.10. The molecular weight excluding hydrogens is 390 g/mol. The van der Waals surface area contributed by atoms with Gasteiger partial charge < -0.3 is 9.64 Å². The second-order valence-electron chi connectivity index (χ2n) is 10.1. The Labute approximate surface area is 184 Å². The molecule has 6 heteroatoms. The molecule has 6 nitrogen and oxygen atoms in total. The maximum absolute atomic E-state index is 13.8. The molecule has 166 valence electrons. The zero-order chi connectivity index (χ0) is 22.3. The van der Waals surface area contributed by atoms with Crippen molar-refractivity contribution in [2.75, 3.05) is 0 Å². The molecule has 1 aliphatic carbocycles. The van der Waals surface area contributed by atoms with Crippen LogP contribution in [0.15, 0.2) is 36.5 Å². The minimum absolute atomic E-state index is 0.0244. The van der Waals surface area contributed by atoms with Crippen molar-refractivity contribution in [2.45, 2.75) is 71.1 Å². The summed E-state index contributed by atoms with van der Waals surface area (Å²) < 4.78 is 7.22. The van der Waals surface area contributed by atoms with Crippen LogP contribution in [-0.2, 0) is 16.6 Å². The summed E-state index contributed by atoms with van der Waals surface area (Å²) in [6.45, 7) is 7.86. The van der Waals surface area contributed by atoms with Crippen LogP contribution in [0.3, 0.4) is 0 Å². The van der Waals surface area contributed by atoms with Crippen LogP contribution in [0.1, 0.15) is 63.9 Å². The van der Waals surface area contributed by atoms with Crippen LogP contribution >= 0.6 is 0 Å². The Morgan fingerprint density at radius 2 is 1.84 bits per heavy atom. The molecule has 2 bridgehead atoms. The van der Waals surface area contributed by atoms with Gasteiger partial charge >= 0.3 is 5.97 Å². The zero-order valence-corrected chi connectivity index (χ0v) is 19.2. The van der Waals surface area contributed by atoms with Crippen LogP contribution in [-0.4, -0.2) is 44.2 Å². The van der Waals surface area contributed by atoms with Crippen molar-refractivity contribution in [2.24, 2.45) is 18.9 Å². The highest BCUT2D eigenvalue weighted by atomic mass is 16.6. The van der Waals surface area contributed by atoms with E-state index in [-0.39, 0.29) is 24.0 Å². The Hall–Kier alpha value is -2.63. The van der Waals surface area contributed by atoms with Crippen molar-refractivity contribution in [3.63, 3.8) is 0 Å². The predicted octanol–water partition coefficient (Wildman–Crippen LogP) is 4.45. The predicted molar refractivity (Wildman–Crippen MR) is 119 cm³/mol. The molecule has 3 fully saturated rings. The van der Waals surface area contributed by atoms with Gasteiger partial charge in [-0.25, -0.2) is 0 Å². The second kappa shape index (κ2) is 8.13. The van der Waals surface area contributed by atoms with E-state index < -0.39 is 5.60 Å². The molecule has 1 aromatic heterocycles. The van der Waals surface area contributed by atoms with Gasteiger partial charge in [-0.2, -0.15) is 5.10 Å². The number of amides is 1. The van der Waals surface area contributed by atoms with E-state index in [1.165, 1.54) is 0 Å². The van der Waals surface area contributed by atoms with Crippen LogP contribution in [0.25, 0.3) is 11.1 Å². The van der Waals surface area contributed by atoms with Gasteiger partial charge in [0, 0.05) is 37.3 Å². The number of fused-ring (bicyclic) bond motifs is 2. The van der Waals surface area contributed by atoms with Crippen LogP contribution in [0.2, 0.25) is 0 Å². The third-order valence-electron chi connectivity index (χ3n) is 6.67. The van der Waals surface area contributed by atoms with E-state index in [0.29, 0.717) is 30.4 Å². The minimum Gasteiger partial charge on any atom is -0.460 e. The quantitative estimate of drug-likeness (QED) is 0.667. The summed E-state index contributed by atoms with van der Waals surface area (Å²) in [5.41, 5.74) is 1.84. The van der Waals surface area contributed by atoms with Gasteiger partial charge in [0.15, 0.2) is 5.69 Å². The maximum Gasteiger partial charge on any atom is 0.306 e. The largest absolute Gasteiger partial charge is 0.460 e. The average Bonchev–Trinajstić information content (AvgIpc) is 3.06. The zero-order valence-electron chi connectivity index (χ0n) is 19.2. The maximum atomic E-state index is 13.8. The molecule has 2 aliphatic heterocycles. The lowest BCUT2D eigenvalue weighted by atomic mass is 9.64. The third-order valence-corrected chi connectivity index (χ3v) is 6.67. The average molecular weight is 424 g/mol. The number of rotatable bonds is 5. The number of ether oxygens (including phenoxy) is 1. The number of piperidine rings is 2. The number of hydrogen-bond donors (Lipinski definition) is 0. The Morgan fingerprint density at radius 3 is 2.48 bits per heavy atom. The molecular formula is C25H33N3O3. The SMILES string of the molecule is C[C@@H]1C2CC(C2)N(C(=O)c2nn(C)cc2-c2ccccc2)[C@@H]1CCC(=O)OC(C)(C)C. The van der Waals surface area contributed by atoms with Crippen molar-refractivity contribution in [3.8, 4) is 11.1 Å². The smallest absolute Gasteiger partial charge is 0.306 e. The molecule has 3 aliphatic rings. The Kier molecular flexibility index (Phi) is 5.67. The highest BCUT2D eigenvalue weighted by Crippen LogP contribution is 2.48. The van der Waals surface area contributed by atoms with E-state index in [9.17, 15) is 9.59 Å². The molecule has 3 heterocycles. The van der Waals surface area contributed by atoms with E-state index in [1.54, 1.807) is 4.68 Å². The van der Waals surface area contributed by atoms with Crippen molar-refractivity contribution in [3.05, 3.63) is 42.2 Å². The number of hydrogen-bond acceptors (Lipinski definition) is 4. The van der Waals surface area contributed by atoms with Crippen LogP contribution < -0.4 is 0 Å². The standard InChI is InChI=1S/C25H33N3O3/c1-16-18-13-19(14-18)28(21(16)11-12-22(29)31-25(2,3)4)24(30)23-20(15-27(5)26-23)17-9-7-6-8-10-17/h6-10,15-16,18-19,21H,11-14H2,1-5H3/t16-,18?,19?,21-/m1/s1. The summed E-state index contributed by atoms with van der Waals surface area (Å²) in [6.07, 6.45) is 4.95. The molecule has 2 saturated heterocycles. The molecule has 0 N–H and O–H groups in total. The second-order valence-corrected chi connectivity index (χ2v) is 10.1. The van der Waals surface area contributed by atoms with Gasteiger partial charge in [-0.3, -0.25) is 14.3 Å². The number of esters is 1. The number of aromatic nitrogens is 2. The Balaban J connectivity index is 1.58. The summed E-state index contributed by atoms with van der Waals surface area (Å²) in [5, 5.41) is 4.55. The molecule has 31 heavy (non-hydrogen) atoms. The lowest BCUT2D eigenvalue weighted by Gasteiger charge is -2.57. The fraction of sp³-hybridized carbons (Fsp3) is 0.560. The molecule has 1 saturated carbocycles. The molecule has 0 spiro atoms. The summed E-state index contributed by atoms with van der Waals surface area (Å²) in [4.78, 5) is 28.2. The molecule has 0 unspecified atom stereocenters. The van der Waals surface area contributed by atoms with Gasteiger partial charge in [-0.05, 0) is 57.4 Å². The number of nitrogens with zero attached hydrogens (tertiary/aromatic N) is 3. The van der Waals surface area contributed by atoms with Crippen LogP contribution in [0, 0.1) is 11.8 Å². The molecule has 0 radical (unpaired) electrons. The topological polar surface area (TPSA) is 64.4 Å². The number of carbonyl (C=O) groups is 2. The van der Waals surface area contributed by atoms with Gasteiger partial charge in [0.1, 0.15) is 5.60 Å². The first-order valence-corrected chi connectivity index (χ1v) is 11.3. The van der Waals surface area contributed by atoms with E-state index in [2.05, 4.69) is 12.0 Å². The Bertz CT molecular complexity index is 954. The van der Waals surface area contributed by atoms with E-state index in [1.807, 2.05) is 69.2 Å². The van der Waals surface area contributed by atoms with Gasteiger partial charge in [0.05, 0.1) is 0 Å². The first-order chi connectivity index (χ1) is 14.6. The van der Waals surface area contributed by atoms with Crippen molar-refractivity contribution >= 4 is 11.9 Å². The summed E-state index contributed by atoms with van der Waals surface area (Å²) >= 11 is 0. The van der Waals surface area contributed by atoms with E-state index in [0.717, 1.165) is 24.0 Å². The number of aryl methyl sites for hydroxylation is 1. The molecule has 5 rings (SSSR count). The molecule has 2 aromatic rings. The first-order valence-electron chi connectivity index (χ1n) is 11.3. The number of carbonyl (C=O) groups excluding carboxylic acids is 2. The fourth-order valence-corrected chi connectivity index (χ4v) is 5.10. The van der Waals surface area contributed by atoms with Gasteiger partial charge in [0.2, 0.25) is 0 Å². The molecule has 1 aromatic carbocycles. The molecule has 2 atom stereocenters. The lowest BCUT2D eigenvalue weighted by molar-refractivity contribution is -0.156. The monoisotopic (exact) mass is 423 g/mol. The summed E-state index contributed by atoms with van der Waals surface area (Å²) in [7, 11) is 1.85. The van der Waals surface area contributed by atoms with Gasteiger partial charge in [-0.1, -0.05) is 37.3 Å². The van der Waals surface area contributed by atoms with E-state index >= 15 is 0 Å². The highest BCUT2D eigenvalue weighted by molar-refractivity contribution is 5.99. The van der Waals surface area contributed by atoms with Crippen LogP contribution in [0.4, 0.5) is 0 Å². The van der Waals surface area contributed by atoms with Crippen molar-refractivity contribution in [1.29, 1.82) is 0 Å². The first kappa shape index (κ1) is 21.6. The normalized spacial score (nSPS) is 25.1. The van der Waals surface area contributed by atoms with E-state index in [4.69, 9.17) is 4.74 Å². The van der Waals surface area contributed by atoms with Crippen LogP contribution in [0.5, 0.6) is 0 Å². The van der Waals surface area contributed by atoms with Gasteiger partial charge in [-0.15, -0.1) is 0 Å². The Morgan fingerprint density at radius 1 is 1.16 bits per heavy atom. The van der Waals surface area contributed by atoms with Crippen molar-refractivity contribution < 1.29 is 14.3 Å². The minimum atomic E-state index is -0.495. The highest BCUT2D eigenvalue weighted by Gasteiger charge is 2.51. The van der Waals surface area contributed by atoms with Crippen molar-refractivity contribution in [1.82, 2.24) is 14.7 Å². The summed E-state index contributed by atoms with van der Waals surface area (Å²) in [5.74, 6) is 0.771. The summed E-state index contributed by atoms with van der Waals surface area (Å²) in [6, 6.07) is 10.2. The van der Waals surface area contributed by atoms with Gasteiger partial charge in [0.25, 0.3) is 5.91 Å².